The van der Waals surface area contributed by atoms with Crippen molar-refractivity contribution in [3.8, 4) is 0 Å². The zero-order valence-electron chi connectivity index (χ0n) is 13.6. The summed E-state index contributed by atoms with van der Waals surface area (Å²) < 4.78 is 0. The summed E-state index contributed by atoms with van der Waals surface area (Å²) >= 11 is 0. The number of aliphatic imine (C=N–C) groups is 1. The molecule has 0 bridgehead atoms. The van der Waals surface area contributed by atoms with Crippen LogP contribution in [0.1, 0.15) is 19.4 Å². The fourth-order valence-corrected chi connectivity index (χ4v) is 2.35. The molecule has 0 radical (unpaired) electrons. The summed E-state index contributed by atoms with van der Waals surface area (Å²) in [6, 6.07) is 15.0. The van der Waals surface area contributed by atoms with Gasteiger partial charge in [-0.15, -0.1) is 24.0 Å². The van der Waals surface area contributed by atoms with Crippen molar-refractivity contribution >= 4 is 40.7 Å². The van der Waals surface area contributed by atoms with Crippen LogP contribution in [0.4, 0.5) is 0 Å². The molecule has 3 nitrogen and oxygen atoms in total. The zero-order valence-corrected chi connectivity index (χ0v) is 15.9. The molecule has 2 rings (SSSR count). The number of halogens is 1. The first-order chi connectivity index (χ1) is 10.2. The van der Waals surface area contributed by atoms with Gasteiger partial charge in [-0.2, -0.15) is 0 Å². The Balaban J connectivity index is 0.00000242. The van der Waals surface area contributed by atoms with E-state index in [0.717, 1.165) is 25.5 Å². The molecule has 0 amide bonds. The van der Waals surface area contributed by atoms with Crippen LogP contribution >= 0.6 is 24.0 Å². The second-order valence-corrected chi connectivity index (χ2v) is 5.66. The third-order valence-electron chi connectivity index (χ3n) is 3.47. The van der Waals surface area contributed by atoms with Crippen molar-refractivity contribution in [1.29, 1.82) is 0 Å². The Labute approximate surface area is 150 Å². The first-order valence-corrected chi connectivity index (χ1v) is 7.62. The van der Waals surface area contributed by atoms with Crippen LogP contribution < -0.4 is 10.6 Å². The van der Waals surface area contributed by atoms with Crippen LogP contribution in [-0.2, 0) is 6.42 Å². The van der Waals surface area contributed by atoms with Gasteiger partial charge in [0.1, 0.15) is 0 Å². The molecule has 22 heavy (non-hydrogen) atoms. The van der Waals surface area contributed by atoms with E-state index in [9.17, 15) is 0 Å². The second-order valence-electron chi connectivity index (χ2n) is 5.66. The van der Waals surface area contributed by atoms with E-state index in [-0.39, 0.29) is 24.0 Å². The summed E-state index contributed by atoms with van der Waals surface area (Å²) in [4.78, 5) is 4.25. The van der Waals surface area contributed by atoms with Gasteiger partial charge in [0.25, 0.3) is 0 Å². The van der Waals surface area contributed by atoms with E-state index in [1.165, 1.54) is 16.3 Å². The van der Waals surface area contributed by atoms with E-state index >= 15 is 0 Å². The number of hydrogen-bond acceptors (Lipinski definition) is 1. The molecule has 0 aromatic heterocycles. The van der Waals surface area contributed by atoms with Crippen molar-refractivity contribution in [3.63, 3.8) is 0 Å². The van der Waals surface area contributed by atoms with Crippen LogP contribution in [-0.4, -0.2) is 26.1 Å². The predicted octanol–water partition coefficient (Wildman–Crippen LogP) is 3.82. The van der Waals surface area contributed by atoms with Crippen LogP contribution in [0, 0.1) is 5.92 Å². The van der Waals surface area contributed by atoms with Gasteiger partial charge >= 0.3 is 0 Å². The molecule has 0 fully saturated rings. The molecule has 2 aromatic carbocycles. The van der Waals surface area contributed by atoms with Gasteiger partial charge in [0, 0.05) is 20.1 Å². The minimum absolute atomic E-state index is 0. The molecule has 120 valence electrons. The first kappa shape index (κ1) is 18.7. The van der Waals surface area contributed by atoms with Crippen molar-refractivity contribution in [2.75, 3.05) is 20.1 Å². The highest BCUT2D eigenvalue weighted by Gasteiger charge is 2.02. The van der Waals surface area contributed by atoms with Gasteiger partial charge in [0.05, 0.1) is 0 Å². The number of rotatable bonds is 5. The van der Waals surface area contributed by atoms with Gasteiger partial charge in [0.15, 0.2) is 5.96 Å². The summed E-state index contributed by atoms with van der Waals surface area (Å²) in [5, 5.41) is 9.35. The van der Waals surface area contributed by atoms with E-state index in [2.05, 4.69) is 71.9 Å². The number of hydrogen-bond donors (Lipinski definition) is 2. The number of benzene rings is 2. The summed E-state index contributed by atoms with van der Waals surface area (Å²) in [7, 11) is 1.81. The zero-order chi connectivity index (χ0) is 15.1. The molecule has 0 atom stereocenters. The molecule has 0 aliphatic carbocycles. The van der Waals surface area contributed by atoms with Crippen LogP contribution in [0.5, 0.6) is 0 Å². The summed E-state index contributed by atoms with van der Waals surface area (Å²) in [5.41, 5.74) is 1.37. The largest absolute Gasteiger partial charge is 0.356 e. The predicted molar refractivity (Wildman–Crippen MR) is 107 cm³/mol. The average molecular weight is 411 g/mol. The Bertz CT molecular complexity index is 603. The molecular formula is C18H26IN3. The normalized spacial score (nSPS) is 11.4. The summed E-state index contributed by atoms with van der Waals surface area (Å²) in [5.74, 6) is 1.49. The van der Waals surface area contributed by atoms with Crippen molar-refractivity contribution in [1.82, 2.24) is 10.6 Å². The standard InChI is InChI=1S/C18H25N3.HI/c1-14(2)13-21-18(19-3)20-12-11-16-9-6-8-15-7-4-5-10-17(15)16;/h4-10,14H,11-13H2,1-3H3,(H2,19,20,21);1H. The number of nitrogens with zero attached hydrogens (tertiary/aromatic N) is 1. The molecule has 2 N–H and O–H groups in total. The Morgan fingerprint density at radius 1 is 1.05 bits per heavy atom. The minimum Gasteiger partial charge on any atom is -0.356 e. The van der Waals surface area contributed by atoms with E-state index in [1.54, 1.807) is 0 Å². The lowest BCUT2D eigenvalue weighted by Crippen LogP contribution is -2.39. The van der Waals surface area contributed by atoms with Crippen molar-refractivity contribution < 1.29 is 0 Å². The topological polar surface area (TPSA) is 36.4 Å². The lowest BCUT2D eigenvalue weighted by atomic mass is 10.0. The van der Waals surface area contributed by atoms with Gasteiger partial charge in [-0.3, -0.25) is 4.99 Å². The molecule has 0 saturated carbocycles. The molecule has 0 unspecified atom stereocenters. The minimum atomic E-state index is 0. The van der Waals surface area contributed by atoms with Crippen LogP contribution in [0.2, 0.25) is 0 Å². The van der Waals surface area contributed by atoms with Gasteiger partial charge in [-0.1, -0.05) is 56.3 Å². The highest BCUT2D eigenvalue weighted by Crippen LogP contribution is 2.18. The third kappa shape index (κ3) is 5.48. The highest BCUT2D eigenvalue weighted by atomic mass is 127. The van der Waals surface area contributed by atoms with Gasteiger partial charge in [-0.25, -0.2) is 0 Å². The molecule has 0 heterocycles. The Morgan fingerprint density at radius 3 is 2.50 bits per heavy atom. The molecule has 0 spiro atoms. The van der Waals surface area contributed by atoms with Crippen LogP contribution in [0.25, 0.3) is 10.8 Å². The third-order valence-corrected chi connectivity index (χ3v) is 3.47. The fraction of sp³-hybridized carbons (Fsp3) is 0.389. The number of nitrogens with one attached hydrogen (secondary N) is 2. The maximum atomic E-state index is 4.25. The Morgan fingerprint density at radius 2 is 1.77 bits per heavy atom. The molecule has 4 heteroatoms. The smallest absolute Gasteiger partial charge is 0.190 e. The molecule has 2 aromatic rings. The van der Waals surface area contributed by atoms with E-state index in [4.69, 9.17) is 0 Å². The molecular weight excluding hydrogens is 385 g/mol. The van der Waals surface area contributed by atoms with Crippen LogP contribution in [0.15, 0.2) is 47.5 Å². The monoisotopic (exact) mass is 411 g/mol. The summed E-state index contributed by atoms with van der Waals surface area (Å²) in [6.07, 6.45) is 0.990. The Kier molecular flexibility index (Phi) is 8.24. The molecule has 0 aliphatic heterocycles. The van der Waals surface area contributed by atoms with Crippen molar-refractivity contribution in [2.24, 2.45) is 10.9 Å². The second kappa shape index (κ2) is 9.66. The average Bonchev–Trinajstić information content (AvgIpc) is 2.50. The van der Waals surface area contributed by atoms with E-state index in [0.29, 0.717) is 5.92 Å². The Hall–Kier alpha value is -1.30. The SMILES string of the molecule is CN=C(NCCc1cccc2ccccc12)NCC(C)C.I. The first-order valence-electron chi connectivity index (χ1n) is 7.62. The van der Waals surface area contributed by atoms with E-state index < -0.39 is 0 Å². The quantitative estimate of drug-likeness (QED) is 0.446. The van der Waals surface area contributed by atoms with Crippen molar-refractivity contribution in [3.05, 3.63) is 48.0 Å². The number of guanidine groups is 1. The van der Waals surface area contributed by atoms with Gasteiger partial charge < -0.3 is 10.6 Å². The molecule has 0 saturated heterocycles. The fourth-order valence-electron chi connectivity index (χ4n) is 2.35. The number of fused-ring (bicyclic) bond motifs is 1. The lowest BCUT2D eigenvalue weighted by Gasteiger charge is -2.14. The van der Waals surface area contributed by atoms with Gasteiger partial charge in [-0.05, 0) is 28.7 Å². The maximum Gasteiger partial charge on any atom is 0.190 e. The maximum absolute atomic E-state index is 4.25. The highest BCUT2D eigenvalue weighted by molar-refractivity contribution is 14.0. The molecule has 0 aliphatic rings. The van der Waals surface area contributed by atoms with Crippen molar-refractivity contribution in [2.45, 2.75) is 20.3 Å². The summed E-state index contributed by atoms with van der Waals surface area (Å²) in [6.45, 7) is 6.20. The van der Waals surface area contributed by atoms with E-state index in [1.807, 2.05) is 7.05 Å². The lowest BCUT2D eigenvalue weighted by molar-refractivity contribution is 0.614. The van der Waals surface area contributed by atoms with Crippen LogP contribution in [0.3, 0.4) is 0 Å². The van der Waals surface area contributed by atoms with Gasteiger partial charge in [0.2, 0.25) is 0 Å².